The van der Waals surface area contributed by atoms with Gasteiger partial charge in [-0.25, -0.2) is 14.4 Å². The lowest BCUT2D eigenvalue weighted by Gasteiger charge is -2.43. The van der Waals surface area contributed by atoms with Gasteiger partial charge in [-0.2, -0.15) is 0 Å². The minimum Gasteiger partial charge on any atom is -0.339 e. The van der Waals surface area contributed by atoms with Crippen LogP contribution in [-0.2, 0) is 9.59 Å². The summed E-state index contributed by atoms with van der Waals surface area (Å²) in [5, 5.41) is 0. The van der Waals surface area contributed by atoms with Gasteiger partial charge in [0.25, 0.3) is 5.91 Å². The Morgan fingerprint density at radius 1 is 1.08 bits per heavy atom. The largest absolute Gasteiger partial charge is 0.339 e. The molecule has 128 valence electrons. The zero-order valence-corrected chi connectivity index (χ0v) is 13.6. The van der Waals surface area contributed by atoms with Crippen molar-refractivity contribution in [1.29, 1.82) is 0 Å². The van der Waals surface area contributed by atoms with Gasteiger partial charge in [0, 0.05) is 19.6 Å². The smallest absolute Gasteiger partial charge is 0.260 e. The highest BCUT2D eigenvalue weighted by Gasteiger charge is 2.53. The molecule has 0 N–H and O–H groups in total. The second-order valence-electron chi connectivity index (χ2n) is 7.23. The molecule has 1 spiro atoms. The van der Waals surface area contributed by atoms with Crippen LogP contribution in [0.4, 0.5) is 10.1 Å². The molecule has 4 rings (SSSR count). The van der Waals surface area contributed by atoms with Gasteiger partial charge in [0.1, 0.15) is 6.33 Å². The number of amides is 2. The first-order chi connectivity index (χ1) is 11.5. The zero-order valence-electron chi connectivity index (χ0n) is 13.6. The molecule has 7 heteroatoms. The standard InChI is InChI=1S/C17H21FN4O2/c18-17(4-1-5-17)15(24)21-7-2-3-16(11-21)6-8-22(14(16)23)13-9-19-12-20-10-13/h9-10,12H,1-8,11H2/t16-/m1/s1. The van der Waals surface area contributed by atoms with Crippen molar-refractivity contribution in [1.82, 2.24) is 14.9 Å². The molecule has 1 aliphatic carbocycles. The zero-order chi connectivity index (χ0) is 16.8. The van der Waals surface area contributed by atoms with E-state index in [2.05, 4.69) is 9.97 Å². The Balaban J connectivity index is 1.53. The summed E-state index contributed by atoms with van der Waals surface area (Å²) in [6.45, 7) is 1.48. The number of rotatable bonds is 2. The quantitative estimate of drug-likeness (QED) is 0.827. The van der Waals surface area contributed by atoms with Gasteiger partial charge in [-0.05, 0) is 38.5 Å². The second-order valence-corrected chi connectivity index (χ2v) is 7.23. The van der Waals surface area contributed by atoms with Gasteiger partial charge in [-0.15, -0.1) is 0 Å². The van der Waals surface area contributed by atoms with E-state index in [1.54, 1.807) is 22.2 Å². The Kier molecular flexibility index (Phi) is 3.54. The first kappa shape index (κ1) is 15.5. The Bertz CT molecular complexity index is 664. The van der Waals surface area contributed by atoms with Crippen LogP contribution in [-0.4, -0.2) is 52.0 Å². The van der Waals surface area contributed by atoms with Crippen molar-refractivity contribution in [3.63, 3.8) is 0 Å². The van der Waals surface area contributed by atoms with Crippen molar-refractivity contribution in [3.05, 3.63) is 18.7 Å². The topological polar surface area (TPSA) is 66.4 Å². The molecule has 1 saturated carbocycles. The van der Waals surface area contributed by atoms with Crippen LogP contribution in [0.5, 0.6) is 0 Å². The number of carbonyl (C=O) groups excluding carboxylic acids is 2. The third-order valence-electron chi connectivity index (χ3n) is 5.76. The fraction of sp³-hybridized carbons (Fsp3) is 0.647. The minimum absolute atomic E-state index is 0.0105. The third-order valence-corrected chi connectivity index (χ3v) is 5.76. The van der Waals surface area contributed by atoms with Crippen LogP contribution < -0.4 is 4.90 Å². The monoisotopic (exact) mass is 332 g/mol. The maximum absolute atomic E-state index is 14.5. The lowest BCUT2D eigenvalue weighted by Crippen LogP contribution is -2.56. The number of likely N-dealkylation sites (tertiary alicyclic amines) is 1. The molecule has 3 heterocycles. The van der Waals surface area contributed by atoms with E-state index in [9.17, 15) is 14.0 Å². The van der Waals surface area contributed by atoms with Crippen LogP contribution in [0.25, 0.3) is 0 Å². The molecule has 0 radical (unpaired) electrons. The fourth-order valence-electron chi connectivity index (χ4n) is 4.17. The van der Waals surface area contributed by atoms with E-state index in [4.69, 9.17) is 0 Å². The highest BCUT2D eigenvalue weighted by Crippen LogP contribution is 2.44. The molecule has 24 heavy (non-hydrogen) atoms. The highest BCUT2D eigenvalue weighted by atomic mass is 19.1. The van der Waals surface area contributed by atoms with Gasteiger partial charge < -0.3 is 9.80 Å². The van der Waals surface area contributed by atoms with Crippen LogP contribution in [0.2, 0.25) is 0 Å². The van der Waals surface area contributed by atoms with Crippen LogP contribution >= 0.6 is 0 Å². The van der Waals surface area contributed by atoms with Gasteiger partial charge >= 0.3 is 0 Å². The number of halogens is 1. The summed E-state index contributed by atoms with van der Waals surface area (Å²) in [5.41, 5.74) is -1.58. The summed E-state index contributed by atoms with van der Waals surface area (Å²) in [7, 11) is 0. The predicted octanol–water partition coefficient (Wildman–Crippen LogP) is 1.71. The number of nitrogens with zero attached hydrogens (tertiary/aromatic N) is 4. The lowest BCUT2D eigenvalue weighted by molar-refractivity contribution is -0.154. The van der Waals surface area contributed by atoms with Crippen molar-refractivity contribution >= 4 is 17.5 Å². The molecule has 1 atom stereocenters. The summed E-state index contributed by atoms with van der Waals surface area (Å²) in [4.78, 5) is 36.8. The number of hydrogen-bond donors (Lipinski definition) is 0. The van der Waals surface area contributed by atoms with E-state index in [0.717, 1.165) is 19.3 Å². The second kappa shape index (κ2) is 5.50. The summed E-state index contributed by atoms with van der Waals surface area (Å²) >= 11 is 0. The van der Waals surface area contributed by atoms with Gasteiger partial charge in [-0.3, -0.25) is 9.59 Å². The normalized spacial score (nSPS) is 29.0. The van der Waals surface area contributed by atoms with Crippen LogP contribution in [0.3, 0.4) is 0 Å². The maximum Gasteiger partial charge on any atom is 0.260 e. The first-order valence-corrected chi connectivity index (χ1v) is 8.59. The van der Waals surface area contributed by atoms with E-state index in [-0.39, 0.29) is 5.91 Å². The Morgan fingerprint density at radius 3 is 2.50 bits per heavy atom. The molecule has 2 aliphatic heterocycles. The minimum atomic E-state index is -1.69. The number of hydrogen-bond acceptors (Lipinski definition) is 4. The number of aromatic nitrogens is 2. The molecule has 0 aromatic carbocycles. The molecule has 1 aromatic rings. The predicted molar refractivity (Wildman–Crippen MR) is 84.9 cm³/mol. The average molecular weight is 332 g/mol. The molecule has 3 aliphatic rings. The average Bonchev–Trinajstić information content (AvgIpc) is 2.89. The number of anilines is 1. The fourth-order valence-corrected chi connectivity index (χ4v) is 4.17. The summed E-state index contributed by atoms with van der Waals surface area (Å²) in [5.74, 6) is -0.404. The van der Waals surface area contributed by atoms with Gasteiger partial charge in [0.05, 0.1) is 23.5 Å². The van der Waals surface area contributed by atoms with Crippen molar-refractivity contribution < 1.29 is 14.0 Å². The van der Waals surface area contributed by atoms with Crippen molar-refractivity contribution in [2.45, 2.75) is 44.2 Å². The third kappa shape index (κ3) is 2.29. The van der Waals surface area contributed by atoms with E-state index in [1.165, 1.54) is 6.33 Å². The molecule has 2 saturated heterocycles. The van der Waals surface area contributed by atoms with Gasteiger partial charge in [-0.1, -0.05) is 0 Å². The van der Waals surface area contributed by atoms with Crippen molar-refractivity contribution in [3.8, 4) is 0 Å². The molecule has 0 bridgehead atoms. The van der Waals surface area contributed by atoms with Gasteiger partial charge in [0.2, 0.25) is 5.91 Å². The van der Waals surface area contributed by atoms with Crippen LogP contribution in [0.15, 0.2) is 18.7 Å². The van der Waals surface area contributed by atoms with Crippen LogP contribution in [0, 0.1) is 5.41 Å². The lowest BCUT2D eigenvalue weighted by atomic mass is 9.76. The molecule has 6 nitrogen and oxygen atoms in total. The van der Waals surface area contributed by atoms with E-state index < -0.39 is 17.0 Å². The van der Waals surface area contributed by atoms with Crippen molar-refractivity contribution in [2.75, 3.05) is 24.5 Å². The van der Waals surface area contributed by atoms with Gasteiger partial charge in [0.15, 0.2) is 5.67 Å². The molecule has 1 aromatic heterocycles. The Morgan fingerprint density at radius 2 is 1.83 bits per heavy atom. The number of alkyl halides is 1. The summed E-state index contributed by atoms with van der Waals surface area (Å²) < 4.78 is 14.5. The SMILES string of the molecule is O=C(N1CCC[C@@]2(CCN(c3cncnc3)C2=O)C1)C1(F)CCC1. The van der Waals surface area contributed by atoms with Crippen LogP contribution in [0.1, 0.15) is 38.5 Å². The first-order valence-electron chi connectivity index (χ1n) is 8.59. The molecule has 3 fully saturated rings. The van der Waals surface area contributed by atoms with Crippen molar-refractivity contribution in [2.24, 2.45) is 5.41 Å². The molecular weight excluding hydrogens is 311 g/mol. The summed E-state index contributed by atoms with van der Waals surface area (Å²) in [6.07, 6.45) is 8.26. The highest BCUT2D eigenvalue weighted by molar-refractivity contribution is 6.00. The number of carbonyl (C=O) groups is 2. The molecular formula is C17H21FN4O2. The molecule has 2 amide bonds. The van der Waals surface area contributed by atoms with E-state index in [1.807, 2.05) is 0 Å². The van der Waals surface area contributed by atoms with E-state index in [0.29, 0.717) is 44.6 Å². The van der Waals surface area contributed by atoms with E-state index >= 15 is 0 Å². The Hall–Kier alpha value is -2.05. The Labute approximate surface area is 140 Å². The summed E-state index contributed by atoms with van der Waals surface area (Å²) in [6, 6.07) is 0. The number of piperidine rings is 1. The maximum atomic E-state index is 14.5. The molecule has 0 unspecified atom stereocenters.